The van der Waals surface area contributed by atoms with E-state index in [0.717, 1.165) is 70.6 Å². The number of aliphatic hydroxyl groups excluding tert-OH is 1. The number of aliphatic hydroxyl groups is 1. The largest absolute Gasteiger partial charge is 0.472 e. The van der Waals surface area contributed by atoms with Crippen molar-refractivity contribution in [3.8, 4) is 0 Å². The van der Waals surface area contributed by atoms with Gasteiger partial charge in [-0.25, -0.2) is 4.57 Å². The number of amides is 1. The number of allylic oxidation sites excluding steroid dienone is 17. The van der Waals surface area contributed by atoms with Gasteiger partial charge in [-0.2, -0.15) is 0 Å². The third-order valence-corrected chi connectivity index (χ3v) is 9.46. The summed E-state index contributed by atoms with van der Waals surface area (Å²) in [6, 6.07) is -0.900. The summed E-state index contributed by atoms with van der Waals surface area (Å²) >= 11 is 0. The number of hydrogen-bond donors (Lipinski definition) is 3. The van der Waals surface area contributed by atoms with Gasteiger partial charge in [-0.05, 0) is 83.5 Å². The van der Waals surface area contributed by atoms with Gasteiger partial charge in [0.1, 0.15) is 13.2 Å². The van der Waals surface area contributed by atoms with Gasteiger partial charge in [0, 0.05) is 6.42 Å². The van der Waals surface area contributed by atoms with Crippen molar-refractivity contribution < 1.29 is 32.9 Å². The summed E-state index contributed by atoms with van der Waals surface area (Å²) in [4.78, 5) is 23.0. The minimum absolute atomic E-state index is 0.0383. The molecule has 0 heterocycles. The molecule has 0 aliphatic carbocycles. The van der Waals surface area contributed by atoms with E-state index < -0.39 is 20.0 Å². The molecule has 8 nitrogen and oxygen atoms in total. The maximum Gasteiger partial charge on any atom is 0.472 e. The topological polar surface area (TPSA) is 105 Å². The summed E-state index contributed by atoms with van der Waals surface area (Å²) in [5.41, 5.74) is 0. The average Bonchev–Trinajstić information content (AvgIpc) is 3.15. The van der Waals surface area contributed by atoms with Crippen LogP contribution in [0.2, 0.25) is 0 Å². The summed E-state index contributed by atoms with van der Waals surface area (Å²) in [6.45, 7) is 4.56. The van der Waals surface area contributed by atoms with Crippen LogP contribution in [-0.2, 0) is 18.4 Å². The Kier molecular flexibility index (Phi) is 35.8. The summed E-state index contributed by atoms with van der Waals surface area (Å²) in [5, 5.41) is 13.7. The van der Waals surface area contributed by atoms with E-state index in [1.165, 1.54) is 32.1 Å². The molecule has 56 heavy (non-hydrogen) atoms. The van der Waals surface area contributed by atoms with Gasteiger partial charge in [-0.15, -0.1) is 0 Å². The first-order valence-electron chi connectivity index (χ1n) is 21.3. The van der Waals surface area contributed by atoms with Crippen molar-refractivity contribution in [3.05, 3.63) is 109 Å². The second-order valence-corrected chi connectivity index (χ2v) is 16.4. The van der Waals surface area contributed by atoms with Crippen LogP contribution in [0.15, 0.2) is 109 Å². The van der Waals surface area contributed by atoms with Crippen molar-refractivity contribution in [3.63, 3.8) is 0 Å². The third kappa shape index (κ3) is 39.4. The molecule has 0 radical (unpaired) electrons. The maximum absolute atomic E-state index is 12.8. The summed E-state index contributed by atoms with van der Waals surface area (Å²) in [7, 11) is 1.49. The zero-order valence-electron chi connectivity index (χ0n) is 35.8. The first kappa shape index (κ1) is 53.2. The Balaban J connectivity index is 4.57. The number of nitrogens with zero attached hydrogens (tertiary/aromatic N) is 1. The first-order chi connectivity index (χ1) is 27.0. The van der Waals surface area contributed by atoms with E-state index in [9.17, 15) is 19.4 Å². The SMILES string of the molecule is CC/C=C\C/C=C\C/C=C\C/C=C\C/C=C\C/C=C\C/C=C\CCCC(=O)NC(COP(=O)(O)OCC[N+](C)(C)C)C(O)/C=C/CC/C=C/CCCCCCC. The van der Waals surface area contributed by atoms with Gasteiger partial charge in [0.05, 0.1) is 39.9 Å². The number of hydrogen-bond acceptors (Lipinski definition) is 5. The predicted octanol–water partition coefficient (Wildman–Crippen LogP) is 11.7. The van der Waals surface area contributed by atoms with Crippen molar-refractivity contribution in [1.82, 2.24) is 5.32 Å². The van der Waals surface area contributed by atoms with E-state index in [4.69, 9.17) is 9.05 Å². The number of phosphoric ester groups is 1. The molecule has 0 spiro atoms. The number of quaternary nitrogens is 1. The quantitative estimate of drug-likeness (QED) is 0.0252. The van der Waals surface area contributed by atoms with Gasteiger partial charge in [0.25, 0.3) is 0 Å². The highest BCUT2D eigenvalue weighted by Crippen LogP contribution is 2.43. The molecule has 0 bridgehead atoms. The summed E-state index contributed by atoms with van der Waals surface area (Å²) < 4.78 is 23.4. The van der Waals surface area contributed by atoms with Gasteiger partial charge in [0.15, 0.2) is 0 Å². The van der Waals surface area contributed by atoms with E-state index in [2.05, 4.69) is 116 Å². The molecule has 0 saturated heterocycles. The Hall–Kier alpha value is -2.84. The van der Waals surface area contributed by atoms with Crippen molar-refractivity contribution >= 4 is 13.7 Å². The number of rotatable bonds is 36. The number of nitrogens with one attached hydrogen (secondary N) is 1. The van der Waals surface area contributed by atoms with E-state index in [1.807, 2.05) is 27.2 Å². The van der Waals surface area contributed by atoms with E-state index in [1.54, 1.807) is 6.08 Å². The molecule has 1 amide bonds. The smallest absolute Gasteiger partial charge is 0.387 e. The molecule has 0 aliphatic heterocycles. The fourth-order valence-electron chi connectivity index (χ4n) is 5.10. The molecule has 0 aliphatic rings. The van der Waals surface area contributed by atoms with Crippen molar-refractivity contribution in [2.24, 2.45) is 0 Å². The van der Waals surface area contributed by atoms with Crippen LogP contribution in [0.3, 0.4) is 0 Å². The number of carbonyl (C=O) groups excluding carboxylic acids is 1. The second-order valence-electron chi connectivity index (χ2n) is 15.0. The zero-order valence-corrected chi connectivity index (χ0v) is 36.7. The average molecular weight is 800 g/mol. The van der Waals surface area contributed by atoms with Crippen LogP contribution in [0.5, 0.6) is 0 Å². The lowest BCUT2D eigenvalue weighted by molar-refractivity contribution is -0.870. The van der Waals surface area contributed by atoms with Gasteiger partial charge < -0.3 is 19.8 Å². The van der Waals surface area contributed by atoms with E-state index >= 15 is 0 Å². The van der Waals surface area contributed by atoms with Gasteiger partial charge in [0.2, 0.25) is 5.91 Å². The number of unbranched alkanes of at least 4 members (excludes halogenated alkanes) is 7. The molecular weight excluding hydrogens is 719 g/mol. The highest BCUT2D eigenvalue weighted by atomic mass is 31.2. The number of phosphoric acid groups is 1. The first-order valence-corrected chi connectivity index (χ1v) is 22.8. The lowest BCUT2D eigenvalue weighted by Crippen LogP contribution is -2.45. The summed E-state index contributed by atoms with van der Waals surface area (Å²) in [5.74, 6) is -0.253. The predicted molar refractivity (Wildman–Crippen MR) is 239 cm³/mol. The number of carbonyl (C=O) groups is 1. The van der Waals surface area contributed by atoms with E-state index in [-0.39, 0.29) is 25.5 Å². The van der Waals surface area contributed by atoms with Crippen LogP contribution in [0, 0.1) is 0 Å². The Labute approximate surface area is 342 Å². The fourth-order valence-corrected chi connectivity index (χ4v) is 5.84. The Morgan fingerprint density at radius 3 is 1.62 bits per heavy atom. The lowest BCUT2D eigenvalue weighted by atomic mass is 10.1. The van der Waals surface area contributed by atoms with Crippen LogP contribution in [0.25, 0.3) is 0 Å². The second kappa shape index (κ2) is 37.7. The molecule has 318 valence electrons. The van der Waals surface area contributed by atoms with Crippen LogP contribution < -0.4 is 5.32 Å². The van der Waals surface area contributed by atoms with Crippen molar-refractivity contribution in [2.75, 3.05) is 40.9 Å². The standard InChI is InChI=1S/C47H79N2O6P/c1-6-8-10-12-14-16-18-19-20-21-22-23-24-25-26-27-28-29-31-33-35-37-39-41-47(51)48-45(44-55-56(52,53)54-43-42-49(3,4)5)46(50)40-38-36-34-32-30-17-15-13-11-9-7-2/h8,10,14,16,19-20,22-23,25-26,28-30,32-33,35,38,40,45-46,50H,6-7,9,11-13,15,17-18,21,24,27,31,34,36-37,39,41-44H2,1-5H3,(H-,48,51,52,53)/p+1/b10-8-,16-14-,20-19-,23-22-,26-25-,29-28-,32-30+,35-33-,40-38+. The highest BCUT2D eigenvalue weighted by Gasteiger charge is 2.27. The maximum atomic E-state index is 12.8. The molecule has 0 saturated carbocycles. The summed E-state index contributed by atoms with van der Waals surface area (Å²) in [6.07, 6.45) is 54.6. The lowest BCUT2D eigenvalue weighted by Gasteiger charge is -2.25. The molecule has 3 N–H and O–H groups in total. The Bertz CT molecular complexity index is 1270. The minimum atomic E-state index is -4.36. The van der Waals surface area contributed by atoms with Crippen molar-refractivity contribution in [2.45, 2.75) is 142 Å². The van der Waals surface area contributed by atoms with Crippen LogP contribution in [-0.4, -0.2) is 73.4 Å². The molecule has 0 aromatic rings. The molecule has 0 rings (SSSR count). The Morgan fingerprint density at radius 2 is 1.09 bits per heavy atom. The highest BCUT2D eigenvalue weighted by molar-refractivity contribution is 7.47. The number of likely N-dealkylation sites (N-methyl/N-ethyl adjacent to an activating group) is 1. The minimum Gasteiger partial charge on any atom is -0.387 e. The molecule has 3 unspecified atom stereocenters. The molecule has 0 aromatic carbocycles. The van der Waals surface area contributed by atoms with Gasteiger partial charge in [-0.3, -0.25) is 13.8 Å². The normalized spacial score (nSPS) is 15.5. The molecular formula is C47H80N2O6P+. The van der Waals surface area contributed by atoms with E-state index in [0.29, 0.717) is 17.4 Å². The monoisotopic (exact) mass is 800 g/mol. The molecule has 0 aromatic heterocycles. The van der Waals surface area contributed by atoms with Gasteiger partial charge in [-0.1, -0.05) is 149 Å². The third-order valence-electron chi connectivity index (χ3n) is 8.48. The fraction of sp³-hybridized carbons (Fsp3) is 0.596. The van der Waals surface area contributed by atoms with Crippen LogP contribution in [0.4, 0.5) is 0 Å². The molecule has 0 fully saturated rings. The Morgan fingerprint density at radius 1 is 0.625 bits per heavy atom. The van der Waals surface area contributed by atoms with Crippen LogP contribution in [0.1, 0.15) is 129 Å². The zero-order chi connectivity index (χ0) is 41.4. The molecule has 9 heteroatoms. The van der Waals surface area contributed by atoms with Gasteiger partial charge >= 0.3 is 7.82 Å². The van der Waals surface area contributed by atoms with Crippen LogP contribution >= 0.6 is 7.82 Å². The molecule has 3 atom stereocenters. The van der Waals surface area contributed by atoms with Crippen molar-refractivity contribution in [1.29, 1.82) is 0 Å².